The first-order valence-electron chi connectivity index (χ1n) is 7.67. The van der Waals surface area contributed by atoms with Crippen LogP contribution in [-0.2, 0) is 19.1 Å². The Balaban J connectivity index is 1.92. The zero-order valence-corrected chi connectivity index (χ0v) is 14.7. The highest BCUT2D eigenvalue weighted by Crippen LogP contribution is 2.28. The zero-order chi connectivity index (χ0) is 18.4. The van der Waals surface area contributed by atoms with Crippen molar-refractivity contribution >= 4 is 29.6 Å². The van der Waals surface area contributed by atoms with E-state index in [9.17, 15) is 18.8 Å². The van der Waals surface area contributed by atoms with E-state index in [4.69, 9.17) is 9.47 Å². The lowest BCUT2D eigenvalue weighted by atomic mass is 10.1. The van der Waals surface area contributed by atoms with E-state index in [1.54, 1.807) is 13.8 Å². The fourth-order valence-electron chi connectivity index (χ4n) is 2.09. The number of hydrogen-bond acceptors (Lipinski definition) is 6. The Bertz CT molecular complexity index is 719. The van der Waals surface area contributed by atoms with Gasteiger partial charge in [-0.2, -0.15) is 0 Å². The summed E-state index contributed by atoms with van der Waals surface area (Å²) in [6.45, 7) is 3.57. The number of nitrogens with zero attached hydrogens (tertiary/aromatic N) is 1. The highest BCUT2D eigenvalue weighted by Gasteiger charge is 2.27. The normalized spacial score (nSPS) is 15.6. The summed E-state index contributed by atoms with van der Waals surface area (Å²) in [4.78, 5) is 36.7. The molecule has 1 amide bonds. The smallest absolute Gasteiger partial charge is 0.338 e. The average molecular weight is 367 g/mol. The lowest BCUT2D eigenvalue weighted by molar-refractivity contribution is -0.137. The van der Waals surface area contributed by atoms with Gasteiger partial charge in [-0.15, -0.1) is 0 Å². The van der Waals surface area contributed by atoms with Crippen LogP contribution in [0.15, 0.2) is 29.3 Å². The molecule has 0 atom stereocenters. The second-order valence-corrected chi connectivity index (χ2v) is 6.16. The van der Waals surface area contributed by atoms with Crippen LogP contribution in [0.3, 0.4) is 0 Å². The van der Waals surface area contributed by atoms with E-state index in [-0.39, 0.29) is 37.0 Å². The predicted molar refractivity (Wildman–Crippen MR) is 90.3 cm³/mol. The van der Waals surface area contributed by atoms with Crippen LogP contribution in [0.2, 0.25) is 0 Å². The number of esters is 2. The predicted octanol–water partition coefficient (Wildman–Crippen LogP) is 2.27. The monoisotopic (exact) mass is 367 g/mol. The SMILES string of the molecule is CCOC(=O)/C=C1\SCC(=O)N1CCOC(=O)c1ccc(C)c(F)c1. The maximum atomic E-state index is 13.5. The lowest BCUT2D eigenvalue weighted by Crippen LogP contribution is -2.29. The standard InChI is InChI=1S/C17H18FNO5S/c1-3-23-16(21)9-15-19(14(20)10-25-15)6-7-24-17(22)12-5-4-11(2)13(18)8-12/h4-5,8-9H,3,6-7,10H2,1-2H3/b15-9-. The van der Waals surface area contributed by atoms with Crippen LogP contribution >= 0.6 is 11.8 Å². The van der Waals surface area contributed by atoms with E-state index in [0.29, 0.717) is 10.6 Å². The van der Waals surface area contributed by atoms with Crippen LogP contribution in [0, 0.1) is 12.7 Å². The summed E-state index contributed by atoms with van der Waals surface area (Å²) in [7, 11) is 0. The first-order chi connectivity index (χ1) is 11.9. The molecule has 1 aromatic carbocycles. The van der Waals surface area contributed by atoms with Crippen molar-refractivity contribution in [2.24, 2.45) is 0 Å². The van der Waals surface area contributed by atoms with Gasteiger partial charge in [-0.3, -0.25) is 4.79 Å². The van der Waals surface area contributed by atoms with Gasteiger partial charge in [-0.05, 0) is 31.5 Å². The maximum absolute atomic E-state index is 13.5. The van der Waals surface area contributed by atoms with Crippen molar-refractivity contribution in [1.29, 1.82) is 0 Å². The number of carbonyl (C=O) groups excluding carboxylic acids is 3. The summed E-state index contributed by atoms with van der Waals surface area (Å²) in [6, 6.07) is 4.08. The number of amides is 1. The second-order valence-electron chi connectivity index (χ2n) is 5.17. The minimum Gasteiger partial charge on any atom is -0.463 e. The summed E-state index contributed by atoms with van der Waals surface area (Å²) in [5, 5.41) is 0.459. The van der Waals surface area contributed by atoms with Crippen LogP contribution in [0.5, 0.6) is 0 Å². The van der Waals surface area contributed by atoms with E-state index in [2.05, 4.69) is 0 Å². The van der Waals surface area contributed by atoms with Crippen molar-refractivity contribution in [2.75, 3.05) is 25.5 Å². The highest BCUT2D eigenvalue weighted by atomic mass is 32.2. The molecule has 1 aliphatic heterocycles. The summed E-state index contributed by atoms with van der Waals surface area (Å²) < 4.78 is 23.4. The Morgan fingerprint density at radius 1 is 1.36 bits per heavy atom. The number of carbonyl (C=O) groups is 3. The molecule has 134 valence electrons. The third-order valence-electron chi connectivity index (χ3n) is 3.39. The van der Waals surface area contributed by atoms with Gasteiger partial charge in [-0.25, -0.2) is 14.0 Å². The van der Waals surface area contributed by atoms with Crippen LogP contribution in [0.1, 0.15) is 22.8 Å². The molecule has 1 aliphatic rings. The van der Waals surface area contributed by atoms with Gasteiger partial charge in [0, 0.05) is 0 Å². The Labute approximate surface area is 149 Å². The number of hydrogen-bond donors (Lipinski definition) is 0. The molecule has 0 unspecified atom stereocenters. The molecule has 1 aromatic rings. The molecule has 1 saturated heterocycles. The Hall–Kier alpha value is -2.35. The summed E-state index contributed by atoms with van der Waals surface area (Å²) in [5.41, 5.74) is 0.539. The van der Waals surface area contributed by atoms with Crippen LogP contribution in [0.4, 0.5) is 4.39 Å². The van der Waals surface area contributed by atoms with Crippen molar-refractivity contribution in [3.8, 4) is 0 Å². The minimum absolute atomic E-state index is 0.0687. The van der Waals surface area contributed by atoms with Crippen LogP contribution < -0.4 is 0 Å². The first kappa shape index (κ1) is 19.0. The molecule has 0 spiro atoms. The molecule has 0 radical (unpaired) electrons. The Morgan fingerprint density at radius 2 is 2.12 bits per heavy atom. The van der Waals surface area contributed by atoms with Gasteiger partial charge in [0.2, 0.25) is 5.91 Å². The topological polar surface area (TPSA) is 72.9 Å². The van der Waals surface area contributed by atoms with Gasteiger partial charge in [-0.1, -0.05) is 17.8 Å². The van der Waals surface area contributed by atoms with E-state index < -0.39 is 17.8 Å². The fourth-order valence-corrected chi connectivity index (χ4v) is 3.04. The molecule has 0 bridgehead atoms. The molecule has 1 fully saturated rings. The van der Waals surface area contributed by atoms with Crippen molar-refractivity contribution in [2.45, 2.75) is 13.8 Å². The number of halogens is 1. The summed E-state index contributed by atoms with van der Waals surface area (Å²) in [6.07, 6.45) is 1.25. The molecule has 0 saturated carbocycles. The molecule has 0 N–H and O–H groups in total. The molecular weight excluding hydrogens is 349 g/mol. The van der Waals surface area contributed by atoms with Crippen molar-refractivity contribution in [3.63, 3.8) is 0 Å². The zero-order valence-electron chi connectivity index (χ0n) is 13.9. The van der Waals surface area contributed by atoms with Crippen LogP contribution in [0.25, 0.3) is 0 Å². The van der Waals surface area contributed by atoms with Gasteiger partial charge in [0.25, 0.3) is 0 Å². The van der Waals surface area contributed by atoms with E-state index in [0.717, 1.165) is 6.07 Å². The highest BCUT2D eigenvalue weighted by molar-refractivity contribution is 8.04. The minimum atomic E-state index is -0.672. The third kappa shape index (κ3) is 5.06. The Morgan fingerprint density at radius 3 is 2.80 bits per heavy atom. The number of ether oxygens (including phenoxy) is 2. The van der Waals surface area contributed by atoms with Gasteiger partial charge in [0.15, 0.2) is 0 Å². The maximum Gasteiger partial charge on any atom is 0.338 e. The molecule has 1 heterocycles. The number of benzene rings is 1. The lowest BCUT2D eigenvalue weighted by Gasteiger charge is -2.16. The van der Waals surface area contributed by atoms with Gasteiger partial charge in [0.1, 0.15) is 12.4 Å². The Kier molecular flexibility index (Phi) is 6.58. The number of aryl methyl sites for hydroxylation is 1. The van der Waals surface area contributed by atoms with E-state index in [1.807, 2.05) is 0 Å². The second kappa shape index (κ2) is 8.66. The molecular formula is C17H18FNO5S. The fraction of sp³-hybridized carbons (Fsp3) is 0.353. The average Bonchev–Trinajstić information content (AvgIpc) is 2.90. The van der Waals surface area contributed by atoms with Gasteiger partial charge in [0.05, 0.1) is 35.6 Å². The number of rotatable bonds is 6. The quantitative estimate of drug-likeness (QED) is 0.567. The van der Waals surface area contributed by atoms with Crippen molar-refractivity contribution < 1.29 is 28.2 Å². The number of thioether (sulfide) groups is 1. The molecule has 8 heteroatoms. The largest absolute Gasteiger partial charge is 0.463 e. The molecule has 0 aliphatic carbocycles. The first-order valence-corrected chi connectivity index (χ1v) is 8.65. The van der Waals surface area contributed by atoms with Crippen LogP contribution in [-0.4, -0.2) is 48.3 Å². The molecule has 0 aromatic heterocycles. The van der Waals surface area contributed by atoms with Gasteiger partial charge >= 0.3 is 11.9 Å². The van der Waals surface area contributed by atoms with E-state index in [1.165, 1.54) is 34.9 Å². The van der Waals surface area contributed by atoms with Crippen molar-refractivity contribution in [1.82, 2.24) is 4.90 Å². The molecule has 6 nitrogen and oxygen atoms in total. The van der Waals surface area contributed by atoms with Crippen molar-refractivity contribution in [3.05, 3.63) is 46.2 Å². The third-order valence-corrected chi connectivity index (χ3v) is 4.42. The summed E-state index contributed by atoms with van der Waals surface area (Å²) in [5.74, 6) is -1.66. The van der Waals surface area contributed by atoms with E-state index >= 15 is 0 Å². The molecule has 25 heavy (non-hydrogen) atoms. The molecule has 2 rings (SSSR count). The van der Waals surface area contributed by atoms with Gasteiger partial charge < -0.3 is 14.4 Å². The summed E-state index contributed by atoms with van der Waals surface area (Å²) >= 11 is 1.22.